The van der Waals surface area contributed by atoms with Crippen LogP contribution in [0.4, 0.5) is 0 Å². The molecule has 0 aliphatic rings. The van der Waals surface area contributed by atoms with Crippen LogP contribution in [0, 0.1) is 0 Å². The minimum Gasteiger partial charge on any atom is -0.478 e. The first kappa shape index (κ1) is 11.3. The summed E-state index contributed by atoms with van der Waals surface area (Å²) in [6.45, 7) is 3.55. The number of carboxylic acid groups (broad SMARTS) is 1. The lowest BCUT2D eigenvalue weighted by Gasteiger charge is -2.02. The van der Waals surface area contributed by atoms with Crippen LogP contribution in [0.2, 0.25) is 0 Å². The summed E-state index contributed by atoms with van der Waals surface area (Å²) in [6, 6.07) is 7.58. The summed E-state index contributed by atoms with van der Waals surface area (Å²) in [4.78, 5) is 10.5. The average molecular weight is 206 g/mol. The zero-order valence-electron chi connectivity index (χ0n) is 8.86. The lowest BCUT2D eigenvalue weighted by atomic mass is 10.2. The molecule has 0 amide bonds. The molecule has 0 aliphatic carbocycles. The van der Waals surface area contributed by atoms with Crippen molar-refractivity contribution in [1.82, 2.24) is 0 Å². The maximum absolute atomic E-state index is 10.5. The Balaban J connectivity index is 2.73. The SMILES string of the molecule is CCc1cccc(OC=C(C)C(=O)O)c1. The van der Waals surface area contributed by atoms with Crippen molar-refractivity contribution in [3.63, 3.8) is 0 Å². The fourth-order valence-corrected chi connectivity index (χ4v) is 1.05. The molecule has 0 saturated heterocycles. The van der Waals surface area contributed by atoms with Gasteiger partial charge in [-0.3, -0.25) is 0 Å². The number of carbonyl (C=O) groups is 1. The lowest BCUT2D eigenvalue weighted by Crippen LogP contribution is -1.98. The van der Waals surface area contributed by atoms with Gasteiger partial charge in [0.05, 0.1) is 5.57 Å². The summed E-state index contributed by atoms with van der Waals surface area (Å²) in [5.41, 5.74) is 1.34. The van der Waals surface area contributed by atoms with Gasteiger partial charge in [-0.2, -0.15) is 0 Å². The van der Waals surface area contributed by atoms with Gasteiger partial charge in [-0.25, -0.2) is 4.79 Å². The van der Waals surface area contributed by atoms with E-state index < -0.39 is 5.97 Å². The Hall–Kier alpha value is -1.77. The molecular weight excluding hydrogens is 192 g/mol. The molecular formula is C12H14O3. The zero-order chi connectivity index (χ0) is 11.3. The van der Waals surface area contributed by atoms with Crippen LogP contribution in [0.5, 0.6) is 5.75 Å². The van der Waals surface area contributed by atoms with Crippen molar-refractivity contribution in [2.24, 2.45) is 0 Å². The average Bonchev–Trinajstić information content (AvgIpc) is 2.26. The minimum absolute atomic E-state index is 0.178. The van der Waals surface area contributed by atoms with Gasteiger partial charge < -0.3 is 9.84 Å². The van der Waals surface area contributed by atoms with Gasteiger partial charge in [0, 0.05) is 0 Å². The normalized spacial score (nSPS) is 11.2. The minimum atomic E-state index is -0.971. The van der Waals surface area contributed by atoms with Crippen LogP contribution in [0.1, 0.15) is 19.4 Å². The van der Waals surface area contributed by atoms with E-state index in [0.717, 1.165) is 12.0 Å². The third-order valence-corrected chi connectivity index (χ3v) is 2.02. The van der Waals surface area contributed by atoms with Gasteiger partial charge in [0.2, 0.25) is 0 Å². The first-order valence-corrected chi connectivity index (χ1v) is 4.79. The highest BCUT2D eigenvalue weighted by molar-refractivity contribution is 5.85. The predicted octanol–water partition coefficient (Wildman–Crippen LogP) is 2.62. The summed E-state index contributed by atoms with van der Waals surface area (Å²) < 4.78 is 5.23. The molecule has 0 bridgehead atoms. The topological polar surface area (TPSA) is 46.5 Å². The van der Waals surface area contributed by atoms with Crippen LogP contribution in [0.15, 0.2) is 36.1 Å². The molecule has 0 spiro atoms. The molecule has 15 heavy (non-hydrogen) atoms. The van der Waals surface area contributed by atoms with E-state index in [9.17, 15) is 4.79 Å². The molecule has 3 nitrogen and oxygen atoms in total. The van der Waals surface area contributed by atoms with Gasteiger partial charge in [0.25, 0.3) is 0 Å². The molecule has 0 heterocycles. The predicted molar refractivity (Wildman–Crippen MR) is 57.8 cm³/mol. The first-order valence-electron chi connectivity index (χ1n) is 4.79. The van der Waals surface area contributed by atoms with Crippen LogP contribution in [-0.4, -0.2) is 11.1 Å². The van der Waals surface area contributed by atoms with E-state index >= 15 is 0 Å². The van der Waals surface area contributed by atoms with Gasteiger partial charge >= 0.3 is 5.97 Å². The van der Waals surface area contributed by atoms with Gasteiger partial charge in [-0.15, -0.1) is 0 Å². The van der Waals surface area contributed by atoms with Gasteiger partial charge in [0.15, 0.2) is 0 Å². The van der Waals surface area contributed by atoms with Crippen LogP contribution in [0.3, 0.4) is 0 Å². The maximum atomic E-state index is 10.5. The molecule has 3 heteroatoms. The number of aryl methyl sites for hydroxylation is 1. The van der Waals surface area contributed by atoms with Crippen LogP contribution < -0.4 is 4.74 Å². The smallest absolute Gasteiger partial charge is 0.334 e. The monoisotopic (exact) mass is 206 g/mol. The fourth-order valence-electron chi connectivity index (χ4n) is 1.05. The Kier molecular flexibility index (Phi) is 3.92. The summed E-state index contributed by atoms with van der Waals surface area (Å²) in [6.07, 6.45) is 2.18. The van der Waals surface area contributed by atoms with Crippen LogP contribution >= 0.6 is 0 Å². The Bertz CT molecular complexity index is 380. The van der Waals surface area contributed by atoms with Gasteiger partial charge in [-0.1, -0.05) is 19.1 Å². The zero-order valence-corrected chi connectivity index (χ0v) is 8.86. The van der Waals surface area contributed by atoms with Crippen LogP contribution in [-0.2, 0) is 11.2 Å². The molecule has 0 aromatic heterocycles. The molecule has 0 radical (unpaired) electrons. The van der Waals surface area contributed by atoms with E-state index in [1.54, 1.807) is 6.07 Å². The van der Waals surface area contributed by atoms with Gasteiger partial charge in [-0.05, 0) is 31.0 Å². The molecule has 1 aromatic carbocycles. The number of hydrogen-bond acceptors (Lipinski definition) is 2. The first-order chi connectivity index (χ1) is 7.13. The molecule has 1 aromatic rings. The van der Waals surface area contributed by atoms with Crippen molar-refractivity contribution in [1.29, 1.82) is 0 Å². The van der Waals surface area contributed by atoms with Crippen molar-refractivity contribution in [3.8, 4) is 5.75 Å². The van der Waals surface area contributed by atoms with E-state index in [2.05, 4.69) is 6.92 Å². The van der Waals surface area contributed by atoms with E-state index in [1.807, 2.05) is 18.2 Å². The second kappa shape index (κ2) is 5.20. The fraction of sp³-hybridized carbons (Fsp3) is 0.250. The Labute approximate surface area is 89.0 Å². The number of aliphatic carboxylic acids is 1. The molecule has 0 unspecified atom stereocenters. The molecule has 0 aliphatic heterocycles. The Morgan fingerprint density at radius 3 is 2.87 bits per heavy atom. The number of carboxylic acids is 1. The van der Waals surface area contributed by atoms with Crippen molar-refractivity contribution in [3.05, 3.63) is 41.7 Å². The van der Waals surface area contributed by atoms with Gasteiger partial charge in [0.1, 0.15) is 12.0 Å². The molecule has 1 N–H and O–H groups in total. The Morgan fingerprint density at radius 1 is 1.53 bits per heavy atom. The Morgan fingerprint density at radius 2 is 2.27 bits per heavy atom. The highest BCUT2D eigenvalue weighted by Gasteiger charge is 2.00. The highest BCUT2D eigenvalue weighted by Crippen LogP contribution is 2.14. The number of benzene rings is 1. The van der Waals surface area contributed by atoms with E-state index in [0.29, 0.717) is 5.75 Å². The molecule has 0 saturated carbocycles. The van der Waals surface area contributed by atoms with Crippen molar-refractivity contribution >= 4 is 5.97 Å². The summed E-state index contributed by atoms with van der Waals surface area (Å²) in [5, 5.41) is 8.61. The third-order valence-electron chi connectivity index (χ3n) is 2.02. The number of ether oxygens (including phenoxy) is 1. The standard InChI is InChI=1S/C12H14O3/c1-3-10-5-4-6-11(7-10)15-8-9(2)12(13)14/h4-8H,3H2,1-2H3,(H,13,14). The van der Waals surface area contributed by atoms with Crippen LogP contribution in [0.25, 0.3) is 0 Å². The van der Waals surface area contributed by atoms with E-state index in [4.69, 9.17) is 9.84 Å². The maximum Gasteiger partial charge on any atom is 0.334 e. The van der Waals surface area contributed by atoms with Crippen molar-refractivity contribution < 1.29 is 14.6 Å². The number of rotatable bonds is 4. The lowest BCUT2D eigenvalue weighted by molar-refractivity contribution is -0.132. The largest absolute Gasteiger partial charge is 0.478 e. The van der Waals surface area contributed by atoms with E-state index in [1.165, 1.54) is 13.2 Å². The molecule has 0 atom stereocenters. The molecule has 80 valence electrons. The van der Waals surface area contributed by atoms with Crippen molar-refractivity contribution in [2.45, 2.75) is 20.3 Å². The summed E-state index contributed by atoms with van der Waals surface area (Å²) >= 11 is 0. The third kappa shape index (κ3) is 3.46. The molecule has 1 rings (SSSR count). The second-order valence-electron chi connectivity index (χ2n) is 3.22. The highest BCUT2D eigenvalue weighted by atomic mass is 16.5. The van der Waals surface area contributed by atoms with E-state index in [-0.39, 0.29) is 5.57 Å². The van der Waals surface area contributed by atoms with Crippen molar-refractivity contribution in [2.75, 3.05) is 0 Å². The second-order valence-corrected chi connectivity index (χ2v) is 3.22. The summed E-state index contributed by atoms with van der Waals surface area (Å²) in [5.74, 6) is -0.309. The molecule has 0 fully saturated rings. The quantitative estimate of drug-likeness (QED) is 0.608. The summed E-state index contributed by atoms with van der Waals surface area (Å²) in [7, 11) is 0. The number of hydrogen-bond donors (Lipinski definition) is 1.